The standard InChI is InChI=1S/C13H17N3O4S2/c1-22(19,20)15-4-5-16-11(8-15)12(17)14-10(13(16)18)7-9-3-2-6-21-9/h2-3,6,10-11H,4-5,7-8H2,1H3,(H,14,17). The van der Waals surface area contributed by atoms with E-state index in [1.165, 1.54) is 9.21 Å². The summed E-state index contributed by atoms with van der Waals surface area (Å²) in [5, 5.41) is 4.66. The molecule has 0 aromatic carbocycles. The molecule has 2 atom stereocenters. The Morgan fingerprint density at radius 1 is 1.36 bits per heavy atom. The van der Waals surface area contributed by atoms with Gasteiger partial charge in [-0.05, 0) is 11.4 Å². The van der Waals surface area contributed by atoms with Crippen LogP contribution in [0.5, 0.6) is 0 Å². The smallest absolute Gasteiger partial charge is 0.246 e. The quantitative estimate of drug-likeness (QED) is 0.783. The number of sulfonamides is 1. The molecule has 0 saturated carbocycles. The number of hydrogen-bond acceptors (Lipinski definition) is 5. The molecule has 1 aromatic rings. The lowest BCUT2D eigenvalue weighted by Crippen LogP contribution is -2.69. The number of nitrogens with zero attached hydrogens (tertiary/aromatic N) is 2. The number of piperazine rings is 2. The maximum Gasteiger partial charge on any atom is 0.246 e. The van der Waals surface area contributed by atoms with Crippen molar-refractivity contribution in [3.8, 4) is 0 Å². The average molecular weight is 343 g/mol. The topological polar surface area (TPSA) is 86.8 Å². The maximum absolute atomic E-state index is 12.5. The second-order valence-electron chi connectivity index (χ2n) is 5.51. The number of hydrogen-bond donors (Lipinski definition) is 1. The van der Waals surface area contributed by atoms with Crippen LogP contribution in [0, 0.1) is 0 Å². The third-order valence-electron chi connectivity index (χ3n) is 4.00. The fourth-order valence-electron chi connectivity index (χ4n) is 2.85. The van der Waals surface area contributed by atoms with E-state index >= 15 is 0 Å². The molecule has 0 spiro atoms. The molecule has 1 N–H and O–H groups in total. The zero-order valence-electron chi connectivity index (χ0n) is 12.1. The second kappa shape index (κ2) is 5.64. The fourth-order valence-corrected chi connectivity index (χ4v) is 4.42. The molecule has 3 heterocycles. The Bertz CT molecular complexity index is 686. The first-order chi connectivity index (χ1) is 10.4. The van der Waals surface area contributed by atoms with E-state index in [1.54, 1.807) is 11.3 Å². The van der Waals surface area contributed by atoms with Crippen molar-refractivity contribution >= 4 is 33.2 Å². The van der Waals surface area contributed by atoms with Gasteiger partial charge in [0.1, 0.15) is 12.1 Å². The van der Waals surface area contributed by atoms with Gasteiger partial charge >= 0.3 is 0 Å². The van der Waals surface area contributed by atoms with Gasteiger partial charge in [-0.25, -0.2) is 8.42 Å². The van der Waals surface area contributed by atoms with Gasteiger partial charge < -0.3 is 10.2 Å². The van der Waals surface area contributed by atoms with Crippen LogP contribution in [0.2, 0.25) is 0 Å². The van der Waals surface area contributed by atoms with Gasteiger partial charge in [-0.3, -0.25) is 9.59 Å². The minimum Gasteiger partial charge on any atom is -0.342 e. The number of carbonyl (C=O) groups is 2. The molecule has 2 aliphatic rings. The zero-order valence-corrected chi connectivity index (χ0v) is 13.7. The number of amides is 2. The summed E-state index contributed by atoms with van der Waals surface area (Å²) in [5.74, 6) is -0.416. The van der Waals surface area contributed by atoms with E-state index in [4.69, 9.17) is 0 Å². The highest BCUT2D eigenvalue weighted by atomic mass is 32.2. The number of fused-ring (bicyclic) bond motifs is 1. The van der Waals surface area contributed by atoms with Crippen molar-refractivity contribution < 1.29 is 18.0 Å². The number of carbonyl (C=O) groups excluding carboxylic acids is 2. The second-order valence-corrected chi connectivity index (χ2v) is 8.53. The summed E-state index contributed by atoms with van der Waals surface area (Å²) < 4.78 is 24.5. The van der Waals surface area contributed by atoms with Crippen LogP contribution in [0.1, 0.15) is 4.88 Å². The summed E-state index contributed by atoms with van der Waals surface area (Å²) in [6.07, 6.45) is 1.59. The van der Waals surface area contributed by atoms with Gasteiger partial charge in [0.25, 0.3) is 0 Å². The molecule has 120 valence electrons. The summed E-state index contributed by atoms with van der Waals surface area (Å²) in [6, 6.07) is 2.54. The van der Waals surface area contributed by atoms with Crippen LogP contribution in [0.25, 0.3) is 0 Å². The Balaban J connectivity index is 1.75. The molecule has 2 unspecified atom stereocenters. The van der Waals surface area contributed by atoms with Crippen LogP contribution in [0.15, 0.2) is 17.5 Å². The van der Waals surface area contributed by atoms with Crippen molar-refractivity contribution in [3.63, 3.8) is 0 Å². The van der Waals surface area contributed by atoms with Gasteiger partial charge in [-0.1, -0.05) is 6.07 Å². The molecule has 2 aliphatic heterocycles. The van der Waals surface area contributed by atoms with Gasteiger partial charge in [0.15, 0.2) is 0 Å². The Morgan fingerprint density at radius 2 is 2.14 bits per heavy atom. The molecular formula is C13H17N3O4S2. The lowest BCUT2D eigenvalue weighted by Gasteiger charge is -2.44. The van der Waals surface area contributed by atoms with Crippen molar-refractivity contribution in [3.05, 3.63) is 22.4 Å². The summed E-state index contributed by atoms with van der Waals surface area (Å²) >= 11 is 1.54. The molecule has 0 aliphatic carbocycles. The lowest BCUT2D eigenvalue weighted by molar-refractivity contribution is -0.151. The summed E-state index contributed by atoms with van der Waals surface area (Å²) in [5.41, 5.74) is 0. The van der Waals surface area contributed by atoms with Gasteiger partial charge in [0.05, 0.1) is 6.26 Å². The van der Waals surface area contributed by atoms with Crippen LogP contribution >= 0.6 is 11.3 Å². The predicted octanol–water partition coefficient (Wildman–Crippen LogP) is -0.739. The molecule has 7 nitrogen and oxygen atoms in total. The number of rotatable bonds is 3. The van der Waals surface area contributed by atoms with Gasteiger partial charge in [-0.15, -0.1) is 11.3 Å². The highest BCUT2D eigenvalue weighted by Gasteiger charge is 2.44. The van der Waals surface area contributed by atoms with Gasteiger partial charge in [-0.2, -0.15) is 4.31 Å². The molecule has 3 rings (SSSR count). The summed E-state index contributed by atoms with van der Waals surface area (Å²) in [4.78, 5) is 27.3. The van der Waals surface area contributed by atoms with E-state index in [0.29, 0.717) is 6.42 Å². The molecule has 22 heavy (non-hydrogen) atoms. The van der Waals surface area contributed by atoms with Crippen molar-refractivity contribution in [2.75, 3.05) is 25.9 Å². The molecule has 9 heteroatoms. The van der Waals surface area contributed by atoms with E-state index in [-0.39, 0.29) is 31.4 Å². The molecule has 2 amide bonds. The highest BCUT2D eigenvalue weighted by Crippen LogP contribution is 2.20. The molecule has 0 bridgehead atoms. The first kappa shape index (κ1) is 15.4. The number of nitrogens with one attached hydrogen (secondary N) is 1. The highest BCUT2D eigenvalue weighted by molar-refractivity contribution is 7.88. The Hall–Kier alpha value is -1.45. The minimum absolute atomic E-state index is 0.0299. The Kier molecular flexibility index (Phi) is 3.96. The Labute approximate surface area is 132 Å². The first-order valence-corrected chi connectivity index (χ1v) is 9.67. The monoisotopic (exact) mass is 343 g/mol. The van der Waals surface area contributed by atoms with Crippen molar-refractivity contribution in [1.29, 1.82) is 0 Å². The Morgan fingerprint density at radius 3 is 2.77 bits per heavy atom. The van der Waals surface area contributed by atoms with E-state index in [1.807, 2.05) is 17.5 Å². The van der Waals surface area contributed by atoms with Gasteiger partial charge in [0, 0.05) is 30.9 Å². The minimum atomic E-state index is -3.35. The third kappa shape index (κ3) is 2.88. The van der Waals surface area contributed by atoms with Crippen LogP contribution in [0.4, 0.5) is 0 Å². The van der Waals surface area contributed by atoms with Crippen LogP contribution < -0.4 is 5.32 Å². The lowest BCUT2D eigenvalue weighted by atomic mass is 10.0. The maximum atomic E-state index is 12.5. The van der Waals surface area contributed by atoms with Crippen molar-refractivity contribution in [2.24, 2.45) is 0 Å². The van der Waals surface area contributed by atoms with Crippen molar-refractivity contribution in [1.82, 2.24) is 14.5 Å². The fraction of sp³-hybridized carbons (Fsp3) is 0.538. The van der Waals surface area contributed by atoms with E-state index in [2.05, 4.69) is 5.32 Å². The van der Waals surface area contributed by atoms with Crippen molar-refractivity contribution in [2.45, 2.75) is 18.5 Å². The summed E-state index contributed by atoms with van der Waals surface area (Å²) in [6.45, 7) is 0.521. The number of thiophene rings is 1. The zero-order chi connectivity index (χ0) is 15.9. The molecular weight excluding hydrogens is 326 g/mol. The predicted molar refractivity (Wildman–Crippen MR) is 81.9 cm³/mol. The first-order valence-electron chi connectivity index (χ1n) is 6.94. The molecule has 2 saturated heterocycles. The van der Waals surface area contributed by atoms with E-state index in [0.717, 1.165) is 11.1 Å². The SMILES string of the molecule is CS(=O)(=O)N1CCN2C(=O)C(Cc3cccs3)NC(=O)C2C1. The molecule has 1 aromatic heterocycles. The van der Waals surface area contributed by atoms with Crippen LogP contribution in [-0.4, -0.2) is 67.4 Å². The average Bonchev–Trinajstić information content (AvgIpc) is 2.96. The van der Waals surface area contributed by atoms with E-state index in [9.17, 15) is 18.0 Å². The summed E-state index contributed by atoms with van der Waals surface area (Å²) in [7, 11) is -3.35. The van der Waals surface area contributed by atoms with Crippen LogP contribution in [-0.2, 0) is 26.0 Å². The third-order valence-corrected chi connectivity index (χ3v) is 6.17. The largest absolute Gasteiger partial charge is 0.342 e. The van der Waals surface area contributed by atoms with Gasteiger partial charge in [0.2, 0.25) is 21.8 Å². The molecule has 0 radical (unpaired) electrons. The van der Waals surface area contributed by atoms with Crippen LogP contribution in [0.3, 0.4) is 0 Å². The van der Waals surface area contributed by atoms with E-state index < -0.39 is 22.1 Å². The molecule has 2 fully saturated rings. The normalized spacial score (nSPS) is 26.7.